The van der Waals surface area contributed by atoms with Gasteiger partial charge in [0, 0.05) is 13.7 Å². The highest BCUT2D eigenvalue weighted by atomic mass is 16.5. The summed E-state index contributed by atoms with van der Waals surface area (Å²) < 4.78 is 15.5. The van der Waals surface area contributed by atoms with Crippen molar-refractivity contribution in [2.75, 3.05) is 21.3 Å². The van der Waals surface area contributed by atoms with E-state index in [0.29, 0.717) is 31.1 Å². The molecule has 0 saturated carbocycles. The second-order valence-electron chi connectivity index (χ2n) is 5.39. The maximum atomic E-state index is 12.1. The molecule has 2 aromatic rings. The maximum Gasteiger partial charge on any atom is 0.224 e. The molecule has 0 heterocycles. The van der Waals surface area contributed by atoms with E-state index in [1.54, 1.807) is 27.4 Å². The molecule has 0 radical (unpaired) electrons. The van der Waals surface area contributed by atoms with Crippen molar-refractivity contribution in [3.05, 3.63) is 59.2 Å². The van der Waals surface area contributed by atoms with E-state index in [0.717, 1.165) is 16.7 Å². The summed E-state index contributed by atoms with van der Waals surface area (Å²) >= 11 is 0. The molecule has 0 atom stereocenters. The van der Waals surface area contributed by atoms with Crippen molar-refractivity contribution in [1.29, 1.82) is 0 Å². The van der Waals surface area contributed by atoms with Gasteiger partial charge in [-0.25, -0.2) is 0 Å². The average Bonchev–Trinajstić information content (AvgIpc) is 2.61. The van der Waals surface area contributed by atoms with Gasteiger partial charge in [0.05, 0.1) is 27.2 Å². The monoisotopic (exact) mass is 329 g/mol. The molecule has 0 spiro atoms. The Kier molecular flexibility index (Phi) is 6.63. The van der Waals surface area contributed by atoms with Crippen LogP contribution in [0.4, 0.5) is 0 Å². The summed E-state index contributed by atoms with van der Waals surface area (Å²) in [5.74, 6) is 1.23. The molecule has 5 heteroatoms. The number of hydrogen-bond donors (Lipinski definition) is 1. The molecule has 2 rings (SSSR count). The standard InChI is InChI=1S/C19H23NO4/c1-22-13-15-6-4-14(5-7-15)12-20-19(21)11-16-8-9-17(23-2)18(10-16)24-3/h4-10H,11-13H2,1-3H3,(H,20,21). The minimum Gasteiger partial charge on any atom is -0.493 e. The lowest BCUT2D eigenvalue weighted by molar-refractivity contribution is -0.120. The third-order valence-electron chi connectivity index (χ3n) is 3.64. The third kappa shape index (κ3) is 4.99. The van der Waals surface area contributed by atoms with Crippen molar-refractivity contribution < 1.29 is 19.0 Å². The Morgan fingerprint density at radius 3 is 2.12 bits per heavy atom. The molecule has 0 saturated heterocycles. The van der Waals surface area contributed by atoms with Crippen LogP contribution in [0.5, 0.6) is 11.5 Å². The van der Waals surface area contributed by atoms with Crippen LogP contribution < -0.4 is 14.8 Å². The van der Waals surface area contributed by atoms with Crippen LogP contribution >= 0.6 is 0 Å². The van der Waals surface area contributed by atoms with Crippen LogP contribution in [0.15, 0.2) is 42.5 Å². The van der Waals surface area contributed by atoms with E-state index >= 15 is 0 Å². The molecule has 0 bridgehead atoms. The van der Waals surface area contributed by atoms with E-state index in [4.69, 9.17) is 14.2 Å². The Hall–Kier alpha value is -2.53. The SMILES string of the molecule is COCc1ccc(CNC(=O)Cc2ccc(OC)c(OC)c2)cc1. The van der Waals surface area contributed by atoms with Crippen LogP contribution in [-0.2, 0) is 29.1 Å². The smallest absolute Gasteiger partial charge is 0.224 e. The van der Waals surface area contributed by atoms with Gasteiger partial charge >= 0.3 is 0 Å². The molecular weight excluding hydrogens is 306 g/mol. The summed E-state index contributed by atoms with van der Waals surface area (Å²) in [6.45, 7) is 1.09. The highest BCUT2D eigenvalue weighted by molar-refractivity contribution is 5.78. The van der Waals surface area contributed by atoms with Gasteiger partial charge in [-0.1, -0.05) is 30.3 Å². The van der Waals surface area contributed by atoms with Gasteiger partial charge in [-0.2, -0.15) is 0 Å². The summed E-state index contributed by atoms with van der Waals surface area (Å²) in [4.78, 5) is 12.1. The van der Waals surface area contributed by atoms with Crippen molar-refractivity contribution in [3.63, 3.8) is 0 Å². The molecule has 128 valence electrons. The Morgan fingerprint density at radius 2 is 1.50 bits per heavy atom. The number of carbonyl (C=O) groups excluding carboxylic acids is 1. The quantitative estimate of drug-likeness (QED) is 0.809. The predicted molar refractivity (Wildman–Crippen MR) is 92.3 cm³/mol. The van der Waals surface area contributed by atoms with Crippen LogP contribution in [0.3, 0.4) is 0 Å². The first-order valence-corrected chi connectivity index (χ1v) is 7.70. The molecule has 0 aromatic heterocycles. The Labute approximate surface area is 142 Å². The molecule has 1 amide bonds. The van der Waals surface area contributed by atoms with Gasteiger partial charge in [-0.15, -0.1) is 0 Å². The van der Waals surface area contributed by atoms with Crippen molar-refractivity contribution in [1.82, 2.24) is 5.32 Å². The van der Waals surface area contributed by atoms with Crippen LogP contribution in [0.1, 0.15) is 16.7 Å². The average molecular weight is 329 g/mol. The van der Waals surface area contributed by atoms with Crippen molar-refractivity contribution in [2.24, 2.45) is 0 Å². The first-order chi connectivity index (χ1) is 11.7. The first-order valence-electron chi connectivity index (χ1n) is 7.70. The van der Waals surface area contributed by atoms with E-state index in [1.165, 1.54) is 0 Å². The second-order valence-corrected chi connectivity index (χ2v) is 5.39. The molecule has 0 aliphatic rings. The van der Waals surface area contributed by atoms with Gasteiger partial charge < -0.3 is 19.5 Å². The molecule has 0 aliphatic heterocycles. The van der Waals surface area contributed by atoms with Gasteiger partial charge in [-0.05, 0) is 28.8 Å². The molecule has 1 N–H and O–H groups in total. The van der Waals surface area contributed by atoms with Crippen molar-refractivity contribution in [3.8, 4) is 11.5 Å². The number of amides is 1. The van der Waals surface area contributed by atoms with Gasteiger partial charge in [-0.3, -0.25) is 4.79 Å². The topological polar surface area (TPSA) is 56.8 Å². The van der Waals surface area contributed by atoms with Crippen molar-refractivity contribution >= 4 is 5.91 Å². The van der Waals surface area contributed by atoms with E-state index in [-0.39, 0.29) is 5.91 Å². The number of benzene rings is 2. The number of methoxy groups -OCH3 is 3. The fourth-order valence-corrected chi connectivity index (χ4v) is 2.36. The lowest BCUT2D eigenvalue weighted by atomic mass is 10.1. The van der Waals surface area contributed by atoms with Crippen LogP contribution in [0.25, 0.3) is 0 Å². The third-order valence-corrected chi connectivity index (χ3v) is 3.64. The highest BCUT2D eigenvalue weighted by Crippen LogP contribution is 2.27. The second kappa shape index (κ2) is 8.93. The molecule has 0 aliphatic carbocycles. The zero-order valence-electron chi connectivity index (χ0n) is 14.3. The molecule has 2 aromatic carbocycles. The summed E-state index contributed by atoms with van der Waals surface area (Å²) in [7, 11) is 4.83. The zero-order valence-corrected chi connectivity index (χ0v) is 14.3. The molecular formula is C19H23NO4. The number of nitrogens with one attached hydrogen (secondary N) is 1. The van der Waals surface area contributed by atoms with Gasteiger partial charge in [0.2, 0.25) is 5.91 Å². The summed E-state index contributed by atoms with van der Waals surface area (Å²) in [6, 6.07) is 13.5. The predicted octanol–water partition coefficient (Wildman–Crippen LogP) is 2.71. The first kappa shape index (κ1) is 17.8. The van der Waals surface area contributed by atoms with E-state index in [9.17, 15) is 4.79 Å². The Balaban J connectivity index is 1.89. The molecule has 0 fully saturated rings. The minimum atomic E-state index is -0.0387. The lowest BCUT2D eigenvalue weighted by Gasteiger charge is -2.10. The lowest BCUT2D eigenvalue weighted by Crippen LogP contribution is -2.24. The largest absolute Gasteiger partial charge is 0.493 e. The number of hydrogen-bond acceptors (Lipinski definition) is 4. The van der Waals surface area contributed by atoms with Gasteiger partial charge in [0.15, 0.2) is 11.5 Å². The molecule has 24 heavy (non-hydrogen) atoms. The number of rotatable bonds is 8. The zero-order chi connectivity index (χ0) is 17.4. The number of carbonyl (C=O) groups is 1. The van der Waals surface area contributed by atoms with Crippen LogP contribution in [0.2, 0.25) is 0 Å². The minimum absolute atomic E-state index is 0.0387. The van der Waals surface area contributed by atoms with Gasteiger partial charge in [0.1, 0.15) is 0 Å². The van der Waals surface area contributed by atoms with E-state index < -0.39 is 0 Å². The Bertz CT molecular complexity index is 668. The Morgan fingerprint density at radius 1 is 0.875 bits per heavy atom. The van der Waals surface area contributed by atoms with Crippen LogP contribution in [-0.4, -0.2) is 27.2 Å². The fourth-order valence-electron chi connectivity index (χ4n) is 2.36. The normalized spacial score (nSPS) is 10.3. The molecule has 0 unspecified atom stereocenters. The maximum absolute atomic E-state index is 12.1. The summed E-state index contributed by atoms with van der Waals surface area (Å²) in [5.41, 5.74) is 3.04. The number of ether oxygens (including phenoxy) is 3. The fraction of sp³-hybridized carbons (Fsp3) is 0.316. The van der Waals surface area contributed by atoms with Crippen LogP contribution in [0, 0.1) is 0 Å². The summed E-state index contributed by atoms with van der Waals surface area (Å²) in [5, 5.41) is 2.92. The highest BCUT2D eigenvalue weighted by Gasteiger charge is 2.08. The van der Waals surface area contributed by atoms with E-state index in [2.05, 4.69) is 5.32 Å². The van der Waals surface area contributed by atoms with E-state index in [1.807, 2.05) is 36.4 Å². The van der Waals surface area contributed by atoms with Gasteiger partial charge in [0.25, 0.3) is 0 Å². The molecule has 5 nitrogen and oxygen atoms in total. The summed E-state index contributed by atoms with van der Waals surface area (Å²) in [6.07, 6.45) is 0.294. The van der Waals surface area contributed by atoms with Crippen molar-refractivity contribution in [2.45, 2.75) is 19.6 Å².